The number of alkyl halides is 3. The number of benzene rings is 2. The Morgan fingerprint density at radius 1 is 1.10 bits per heavy atom. The van der Waals surface area contributed by atoms with Gasteiger partial charge in [0, 0.05) is 48.3 Å². The van der Waals surface area contributed by atoms with Crippen molar-refractivity contribution in [2.75, 3.05) is 19.8 Å². The van der Waals surface area contributed by atoms with E-state index < -0.39 is 18.1 Å². The summed E-state index contributed by atoms with van der Waals surface area (Å²) in [6, 6.07) is 12.9. The third kappa shape index (κ3) is 8.83. The summed E-state index contributed by atoms with van der Waals surface area (Å²) in [5, 5.41) is 27.7. The molecule has 0 radical (unpaired) electrons. The lowest BCUT2D eigenvalue weighted by molar-refractivity contribution is -0.385. The number of hydrogen-bond acceptors (Lipinski definition) is 7. The second-order valence-electron chi connectivity index (χ2n) is 9.60. The molecule has 2 N–H and O–H groups in total. The average molecular weight is 569 g/mol. The number of nitro groups is 1. The van der Waals surface area contributed by atoms with E-state index in [1.54, 1.807) is 12.1 Å². The minimum atomic E-state index is -5.08. The molecule has 4 rings (SSSR count). The summed E-state index contributed by atoms with van der Waals surface area (Å²) in [4.78, 5) is 33.4. The predicted molar refractivity (Wildman–Crippen MR) is 136 cm³/mol. The normalized spacial score (nSPS) is 16.9. The number of halogens is 3. The molecule has 218 valence electrons. The third-order valence-corrected chi connectivity index (χ3v) is 6.83. The Morgan fingerprint density at radius 3 is 2.40 bits per heavy atom. The van der Waals surface area contributed by atoms with Crippen molar-refractivity contribution in [3.63, 3.8) is 0 Å². The summed E-state index contributed by atoms with van der Waals surface area (Å²) < 4.78 is 43.4. The summed E-state index contributed by atoms with van der Waals surface area (Å²) in [6.45, 7) is 2.01. The first-order chi connectivity index (χ1) is 19.0. The Bertz CT molecular complexity index is 1180. The van der Waals surface area contributed by atoms with Crippen molar-refractivity contribution in [2.45, 2.75) is 63.2 Å². The molecular formula is C27H31F3N2O8. The zero-order valence-electron chi connectivity index (χ0n) is 21.6. The summed E-state index contributed by atoms with van der Waals surface area (Å²) in [7, 11) is 0. The topological polar surface area (TPSA) is 139 Å². The number of nitrogens with zero attached hydrogens (tertiary/aromatic N) is 2. The fourth-order valence-corrected chi connectivity index (χ4v) is 4.89. The van der Waals surface area contributed by atoms with E-state index in [-0.39, 0.29) is 22.9 Å². The fraction of sp³-hybridized carbons (Fsp3) is 0.481. The number of rotatable bonds is 10. The molecule has 1 fully saturated rings. The monoisotopic (exact) mass is 568 g/mol. The first kappa shape index (κ1) is 30.7. The van der Waals surface area contributed by atoms with Gasteiger partial charge in [0.2, 0.25) is 0 Å². The number of fused-ring (bicyclic) bond motifs is 1. The predicted octanol–water partition coefficient (Wildman–Crippen LogP) is 5.39. The summed E-state index contributed by atoms with van der Waals surface area (Å²) >= 11 is 0. The largest absolute Gasteiger partial charge is 0.492 e. The molecule has 1 aliphatic carbocycles. The lowest BCUT2D eigenvalue weighted by Crippen LogP contribution is -2.39. The molecule has 0 saturated heterocycles. The molecule has 2 aromatic carbocycles. The lowest BCUT2D eigenvalue weighted by Gasteiger charge is -2.34. The van der Waals surface area contributed by atoms with Crippen LogP contribution < -0.4 is 9.47 Å². The van der Waals surface area contributed by atoms with E-state index in [0.29, 0.717) is 43.8 Å². The summed E-state index contributed by atoms with van der Waals surface area (Å²) in [5.41, 5.74) is 1.79. The van der Waals surface area contributed by atoms with Gasteiger partial charge in [-0.1, -0.05) is 43.5 Å². The van der Waals surface area contributed by atoms with Crippen LogP contribution in [-0.2, 0) is 16.1 Å². The van der Waals surface area contributed by atoms with Crippen LogP contribution >= 0.6 is 0 Å². The van der Waals surface area contributed by atoms with Gasteiger partial charge in [-0.05, 0) is 18.9 Å². The van der Waals surface area contributed by atoms with Crippen molar-refractivity contribution in [2.24, 2.45) is 0 Å². The van der Waals surface area contributed by atoms with Gasteiger partial charge in [-0.15, -0.1) is 0 Å². The maximum atomic E-state index is 11.5. The van der Waals surface area contributed by atoms with Crippen molar-refractivity contribution in [1.82, 2.24) is 4.90 Å². The molecule has 1 heterocycles. The summed E-state index contributed by atoms with van der Waals surface area (Å²) in [6.07, 6.45) is 0.757. The molecular weight excluding hydrogens is 537 g/mol. The van der Waals surface area contributed by atoms with Crippen LogP contribution in [0.4, 0.5) is 18.9 Å². The van der Waals surface area contributed by atoms with Crippen LogP contribution in [0.5, 0.6) is 11.5 Å². The molecule has 13 heteroatoms. The molecule has 0 bridgehead atoms. The van der Waals surface area contributed by atoms with Gasteiger partial charge in [-0.2, -0.15) is 13.2 Å². The number of ether oxygens (including phenoxy) is 2. The number of aliphatic carboxylic acids is 2. The van der Waals surface area contributed by atoms with Crippen molar-refractivity contribution in [3.05, 3.63) is 63.7 Å². The van der Waals surface area contributed by atoms with E-state index >= 15 is 0 Å². The molecule has 10 nitrogen and oxygen atoms in total. The van der Waals surface area contributed by atoms with Crippen molar-refractivity contribution in [1.29, 1.82) is 0 Å². The second-order valence-corrected chi connectivity index (χ2v) is 9.60. The van der Waals surface area contributed by atoms with Gasteiger partial charge in [-0.25, -0.2) is 4.79 Å². The van der Waals surface area contributed by atoms with E-state index in [0.717, 1.165) is 24.0 Å². The van der Waals surface area contributed by atoms with E-state index in [1.165, 1.54) is 19.3 Å². The van der Waals surface area contributed by atoms with Gasteiger partial charge in [0.25, 0.3) is 5.69 Å². The van der Waals surface area contributed by atoms with Crippen molar-refractivity contribution < 1.29 is 47.4 Å². The van der Waals surface area contributed by atoms with Gasteiger partial charge in [0.05, 0.1) is 18.0 Å². The average Bonchev–Trinajstić information content (AvgIpc) is 3.29. The molecule has 0 amide bonds. The van der Waals surface area contributed by atoms with Crippen LogP contribution in [0.15, 0.2) is 42.5 Å². The standard InChI is InChI=1S/C25H30N2O6.C2HF3O2/c28-25(29)14-19-17-33-24-15-21(10-11-22(19)24)32-13-12-26(20-7-2-1-3-8-20)16-18-6-4-5-9-23(18)27(30)31;3-2(4,5)1(6)7/h4-6,9-11,15,19-20H,1-3,7-8,12-14,16-17H2,(H,28,29);(H,6,7). The molecule has 1 saturated carbocycles. The first-order valence-electron chi connectivity index (χ1n) is 12.8. The molecule has 2 aliphatic rings. The molecule has 2 aromatic rings. The molecule has 40 heavy (non-hydrogen) atoms. The van der Waals surface area contributed by atoms with Crippen LogP contribution in [0, 0.1) is 10.1 Å². The second kappa shape index (κ2) is 14.0. The Labute approximate surface area is 228 Å². The number of carbonyl (C=O) groups is 2. The van der Waals surface area contributed by atoms with E-state index in [4.69, 9.17) is 24.5 Å². The van der Waals surface area contributed by atoms with Crippen molar-refractivity contribution in [3.8, 4) is 11.5 Å². The Kier molecular flexibility index (Phi) is 10.7. The Morgan fingerprint density at radius 2 is 1.77 bits per heavy atom. The third-order valence-electron chi connectivity index (χ3n) is 6.83. The van der Waals surface area contributed by atoms with Gasteiger partial charge < -0.3 is 19.7 Å². The zero-order valence-corrected chi connectivity index (χ0v) is 21.6. The highest BCUT2D eigenvalue weighted by molar-refractivity contribution is 5.73. The van der Waals surface area contributed by atoms with Crippen LogP contribution in [0.3, 0.4) is 0 Å². The molecule has 1 aliphatic heterocycles. The number of carboxylic acid groups (broad SMARTS) is 2. The van der Waals surface area contributed by atoms with Crippen LogP contribution in [0.25, 0.3) is 0 Å². The van der Waals surface area contributed by atoms with Gasteiger partial charge in [0.15, 0.2) is 0 Å². The molecule has 0 spiro atoms. The maximum absolute atomic E-state index is 11.5. The number of hydrogen-bond donors (Lipinski definition) is 2. The SMILES string of the molecule is O=C(O)C(F)(F)F.O=C(O)CC1COc2cc(OCCN(Cc3ccccc3[N+](=O)[O-])C3CCCCC3)ccc21. The quantitative estimate of drug-likeness (QED) is 0.285. The number of para-hydroxylation sites is 1. The van der Waals surface area contributed by atoms with E-state index in [2.05, 4.69) is 4.90 Å². The zero-order chi connectivity index (χ0) is 29.3. The Hall–Kier alpha value is -3.87. The highest BCUT2D eigenvalue weighted by Gasteiger charge is 2.38. The van der Waals surface area contributed by atoms with Crippen LogP contribution in [0.2, 0.25) is 0 Å². The highest BCUT2D eigenvalue weighted by Crippen LogP contribution is 2.38. The highest BCUT2D eigenvalue weighted by atomic mass is 19.4. The smallest absolute Gasteiger partial charge is 0.490 e. The van der Waals surface area contributed by atoms with Crippen molar-refractivity contribution >= 4 is 17.6 Å². The van der Waals surface area contributed by atoms with Gasteiger partial charge in [-0.3, -0.25) is 19.8 Å². The minimum absolute atomic E-state index is 0.0508. The van der Waals surface area contributed by atoms with Gasteiger partial charge in [0.1, 0.15) is 18.1 Å². The minimum Gasteiger partial charge on any atom is -0.492 e. The molecule has 1 unspecified atom stereocenters. The van der Waals surface area contributed by atoms with E-state index in [9.17, 15) is 28.1 Å². The molecule has 0 aromatic heterocycles. The van der Waals surface area contributed by atoms with Gasteiger partial charge >= 0.3 is 18.1 Å². The first-order valence-corrected chi connectivity index (χ1v) is 12.8. The lowest BCUT2D eigenvalue weighted by atomic mass is 9.93. The van der Waals surface area contributed by atoms with E-state index in [1.807, 2.05) is 30.3 Å². The van der Waals surface area contributed by atoms with Crippen LogP contribution in [0.1, 0.15) is 55.6 Å². The van der Waals surface area contributed by atoms with Crippen LogP contribution in [-0.4, -0.2) is 64.0 Å². The molecule has 1 atom stereocenters. The maximum Gasteiger partial charge on any atom is 0.490 e. The summed E-state index contributed by atoms with van der Waals surface area (Å²) in [5.74, 6) is -2.36. The number of carboxylic acids is 2. The fourth-order valence-electron chi connectivity index (χ4n) is 4.89. The number of nitro benzene ring substituents is 1. The Balaban J connectivity index is 0.000000559.